The second-order valence-electron chi connectivity index (χ2n) is 3.86. The fourth-order valence-corrected chi connectivity index (χ4v) is 1.88. The summed E-state index contributed by atoms with van der Waals surface area (Å²) in [6, 6.07) is 13.4. The minimum absolute atomic E-state index is 0.212. The maximum atomic E-state index is 10.4. The summed E-state index contributed by atoms with van der Waals surface area (Å²) in [5.41, 5.74) is 6.94. The van der Waals surface area contributed by atoms with Crippen LogP contribution in [0.25, 0.3) is 10.8 Å². The fraction of sp³-hybridized carbons (Fsp3) is 0.154. The molecule has 0 heterocycles. The van der Waals surface area contributed by atoms with Crippen molar-refractivity contribution < 1.29 is 9.90 Å². The number of hydrogen-bond acceptors (Lipinski definition) is 2. The smallest absolute Gasteiger partial charge is 0.404 e. The summed E-state index contributed by atoms with van der Waals surface area (Å²) in [5, 5.41) is 13.0. The summed E-state index contributed by atoms with van der Waals surface area (Å²) < 4.78 is 0. The number of hydrogen-bond donors (Lipinski definition) is 3. The van der Waals surface area contributed by atoms with E-state index in [2.05, 4.69) is 5.32 Å². The molecule has 0 aromatic heterocycles. The van der Waals surface area contributed by atoms with Gasteiger partial charge in [-0.2, -0.15) is 0 Å². The van der Waals surface area contributed by atoms with Crippen molar-refractivity contribution in [1.82, 2.24) is 5.32 Å². The van der Waals surface area contributed by atoms with Crippen LogP contribution in [-0.4, -0.2) is 17.7 Å². The van der Waals surface area contributed by atoms with Gasteiger partial charge in [0.05, 0.1) is 0 Å². The summed E-state index contributed by atoms with van der Waals surface area (Å²) >= 11 is 0. The normalized spacial score (nSPS) is 12.3. The van der Waals surface area contributed by atoms with E-state index in [0.717, 1.165) is 16.3 Å². The number of fused-ring (bicyclic) bond motifs is 1. The van der Waals surface area contributed by atoms with Crippen molar-refractivity contribution in [2.45, 2.75) is 6.04 Å². The van der Waals surface area contributed by atoms with Gasteiger partial charge in [-0.1, -0.05) is 42.5 Å². The van der Waals surface area contributed by atoms with Gasteiger partial charge in [0, 0.05) is 12.6 Å². The molecule has 4 heteroatoms. The maximum Gasteiger partial charge on any atom is 0.404 e. The molecule has 0 fully saturated rings. The van der Waals surface area contributed by atoms with Gasteiger partial charge < -0.3 is 16.2 Å². The Morgan fingerprint density at radius 2 is 1.94 bits per heavy atom. The van der Waals surface area contributed by atoms with E-state index in [1.54, 1.807) is 0 Å². The molecule has 1 unspecified atom stereocenters. The topological polar surface area (TPSA) is 75.3 Å². The molecule has 1 atom stereocenters. The molecule has 88 valence electrons. The third-order valence-corrected chi connectivity index (χ3v) is 2.70. The van der Waals surface area contributed by atoms with E-state index in [-0.39, 0.29) is 12.6 Å². The van der Waals surface area contributed by atoms with Crippen LogP contribution in [0.4, 0.5) is 4.79 Å². The first-order valence-corrected chi connectivity index (χ1v) is 5.38. The van der Waals surface area contributed by atoms with E-state index in [4.69, 9.17) is 10.8 Å². The van der Waals surface area contributed by atoms with Crippen LogP contribution >= 0.6 is 0 Å². The fourth-order valence-electron chi connectivity index (χ4n) is 1.88. The van der Waals surface area contributed by atoms with Crippen LogP contribution in [0, 0.1) is 0 Å². The highest BCUT2D eigenvalue weighted by Crippen LogP contribution is 2.22. The van der Waals surface area contributed by atoms with Crippen LogP contribution in [0.3, 0.4) is 0 Å². The Hall–Kier alpha value is -2.07. The summed E-state index contributed by atoms with van der Waals surface area (Å²) in [4.78, 5) is 10.4. The van der Waals surface area contributed by atoms with Crippen molar-refractivity contribution in [1.29, 1.82) is 0 Å². The minimum atomic E-state index is -1.05. The van der Waals surface area contributed by atoms with Crippen LogP contribution in [0.2, 0.25) is 0 Å². The molecule has 0 spiro atoms. The summed E-state index contributed by atoms with van der Waals surface area (Å²) in [6.07, 6.45) is -1.05. The zero-order valence-electron chi connectivity index (χ0n) is 9.26. The SMILES string of the molecule is NC(CNC(=O)O)c1cccc2ccccc12. The van der Waals surface area contributed by atoms with Gasteiger partial charge in [-0.05, 0) is 16.3 Å². The van der Waals surface area contributed by atoms with Gasteiger partial charge in [0.2, 0.25) is 0 Å². The number of carboxylic acid groups (broad SMARTS) is 1. The number of nitrogens with two attached hydrogens (primary N) is 1. The molecule has 0 radical (unpaired) electrons. The van der Waals surface area contributed by atoms with Crippen LogP contribution in [0.15, 0.2) is 42.5 Å². The predicted octanol–water partition coefficient (Wildman–Crippen LogP) is 2.11. The molecule has 2 aromatic carbocycles. The molecule has 0 aliphatic rings. The highest BCUT2D eigenvalue weighted by molar-refractivity contribution is 5.86. The molecule has 0 bridgehead atoms. The standard InChI is InChI=1S/C13H14N2O2/c14-12(8-15-13(16)17)11-7-3-5-9-4-1-2-6-10(9)11/h1-7,12,15H,8,14H2,(H,16,17). The van der Waals surface area contributed by atoms with E-state index >= 15 is 0 Å². The van der Waals surface area contributed by atoms with Crippen LogP contribution < -0.4 is 11.1 Å². The Morgan fingerprint density at radius 1 is 1.24 bits per heavy atom. The molecule has 0 saturated heterocycles. The summed E-state index contributed by atoms with van der Waals surface area (Å²) in [5.74, 6) is 0. The number of nitrogens with one attached hydrogen (secondary N) is 1. The van der Waals surface area contributed by atoms with E-state index in [1.165, 1.54) is 0 Å². The van der Waals surface area contributed by atoms with Crippen LogP contribution in [0.1, 0.15) is 11.6 Å². The van der Waals surface area contributed by atoms with Gasteiger partial charge in [0.25, 0.3) is 0 Å². The lowest BCUT2D eigenvalue weighted by Crippen LogP contribution is -2.30. The Labute approximate surface area is 99.1 Å². The van der Waals surface area contributed by atoms with Gasteiger partial charge >= 0.3 is 6.09 Å². The van der Waals surface area contributed by atoms with Crippen LogP contribution in [-0.2, 0) is 0 Å². The average molecular weight is 230 g/mol. The largest absolute Gasteiger partial charge is 0.465 e. The highest BCUT2D eigenvalue weighted by atomic mass is 16.4. The average Bonchev–Trinajstić information content (AvgIpc) is 2.35. The highest BCUT2D eigenvalue weighted by Gasteiger charge is 2.10. The zero-order valence-corrected chi connectivity index (χ0v) is 9.26. The van der Waals surface area contributed by atoms with Crippen molar-refractivity contribution in [3.63, 3.8) is 0 Å². The molecule has 2 aromatic rings. The number of benzene rings is 2. The lowest BCUT2D eigenvalue weighted by molar-refractivity contribution is 0.194. The lowest BCUT2D eigenvalue weighted by atomic mass is 9.99. The molecule has 4 nitrogen and oxygen atoms in total. The van der Waals surface area contributed by atoms with Gasteiger partial charge in [-0.3, -0.25) is 0 Å². The van der Waals surface area contributed by atoms with E-state index in [1.807, 2.05) is 42.5 Å². The summed E-state index contributed by atoms with van der Waals surface area (Å²) in [7, 11) is 0. The molecule has 0 saturated carbocycles. The summed E-state index contributed by atoms with van der Waals surface area (Å²) in [6.45, 7) is 0.212. The number of carbonyl (C=O) groups is 1. The Morgan fingerprint density at radius 3 is 2.71 bits per heavy atom. The maximum absolute atomic E-state index is 10.4. The Bertz CT molecular complexity index is 534. The molecule has 4 N–H and O–H groups in total. The first kappa shape index (κ1) is 11.4. The van der Waals surface area contributed by atoms with Gasteiger partial charge in [-0.25, -0.2) is 4.79 Å². The van der Waals surface area contributed by atoms with Crippen molar-refractivity contribution in [3.05, 3.63) is 48.0 Å². The van der Waals surface area contributed by atoms with Crippen LogP contribution in [0.5, 0.6) is 0 Å². The van der Waals surface area contributed by atoms with Crippen molar-refractivity contribution in [2.75, 3.05) is 6.54 Å². The number of rotatable bonds is 3. The van der Waals surface area contributed by atoms with Crippen molar-refractivity contribution in [2.24, 2.45) is 5.73 Å². The first-order chi connectivity index (χ1) is 8.18. The third kappa shape index (κ3) is 2.54. The number of amides is 1. The first-order valence-electron chi connectivity index (χ1n) is 5.38. The molecule has 0 aliphatic heterocycles. The van der Waals surface area contributed by atoms with Gasteiger partial charge in [0.1, 0.15) is 0 Å². The van der Waals surface area contributed by atoms with Gasteiger partial charge in [-0.15, -0.1) is 0 Å². The molecular weight excluding hydrogens is 216 g/mol. The zero-order chi connectivity index (χ0) is 12.3. The van der Waals surface area contributed by atoms with Crippen molar-refractivity contribution >= 4 is 16.9 Å². The second kappa shape index (κ2) is 4.84. The molecule has 17 heavy (non-hydrogen) atoms. The quantitative estimate of drug-likeness (QED) is 0.755. The third-order valence-electron chi connectivity index (χ3n) is 2.70. The predicted molar refractivity (Wildman–Crippen MR) is 66.9 cm³/mol. The monoisotopic (exact) mass is 230 g/mol. The van der Waals surface area contributed by atoms with Crippen molar-refractivity contribution in [3.8, 4) is 0 Å². The Kier molecular flexibility index (Phi) is 3.25. The van der Waals surface area contributed by atoms with E-state index in [0.29, 0.717) is 0 Å². The van der Waals surface area contributed by atoms with E-state index < -0.39 is 6.09 Å². The molecule has 1 amide bonds. The molecule has 0 aliphatic carbocycles. The Balaban J connectivity index is 2.31. The molecular formula is C13H14N2O2. The van der Waals surface area contributed by atoms with Gasteiger partial charge in [0.15, 0.2) is 0 Å². The van der Waals surface area contributed by atoms with E-state index in [9.17, 15) is 4.79 Å². The lowest BCUT2D eigenvalue weighted by Gasteiger charge is -2.14. The molecule has 2 rings (SSSR count). The minimum Gasteiger partial charge on any atom is -0.465 e. The second-order valence-corrected chi connectivity index (χ2v) is 3.86.